The van der Waals surface area contributed by atoms with Gasteiger partial charge in [-0.1, -0.05) is 35.1 Å². The van der Waals surface area contributed by atoms with Crippen molar-refractivity contribution in [1.82, 2.24) is 9.97 Å². The maximum atomic E-state index is 12.4. The molecule has 2 aromatic heterocycles. The Morgan fingerprint density at radius 3 is 2.41 bits per heavy atom. The van der Waals surface area contributed by atoms with Crippen LogP contribution in [0.25, 0.3) is 10.2 Å². The molecule has 2 aromatic carbocycles. The molecular weight excluding hydrogens is 404 g/mol. The van der Waals surface area contributed by atoms with E-state index in [0.29, 0.717) is 20.8 Å². The van der Waals surface area contributed by atoms with E-state index in [1.165, 1.54) is 22.7 Å². The van der Waals surface area contributed by atoms with Crippen molar-refractivity contribution in [3.8, 4) is 0 Å². The van der Waals surface area contributed by atoms with Crippen molar-refractivity contribution in [2.24, 2.45) is 0 Å². The lowest BCUT2D eigenvalue weighted by molar-refractivity contribution is 0.101. The van der Waals surface area contributed by atoms with Gasteiger partial charge in [0.1, 0.15) is 5.69 Å². The fourth-order valence-corrected chi connectivity index (χ4v) is 3.97. The van der Waals surface area contributed by atoms with Gasteiger partial charge in [0.2, 0.25) is 0 Å². The average molecular weight is 415 g/mol. The molecule has 0 aliphatic rings. The first kappa shape index (κ1) is 17.6. The lowest BCUT2D eigenvalue weighted by atomic mass is 10.2. The highest BCUT2D eigenvalue weighted by Gasteiger charge is 2.15. The second kappa shape index (κ2) is 7.43. The smallest absolute Gasteiger partial charge is 0.276 e. The van der Waals surface area contributed by atoms with Gasteiger partial charge in [-0.25, -0.2) is 9.97 Å². The first-order valence-corrected chi connectivity index (χ1v) is 9.85. The van der Waals surface area contributed by atoms with E-state index in [1.807, 2.05) is 24.3 Å². The molecule has 0 unspecified atom stereocenters. The number of carbonyl (C=O) groups is 2. The number of nitrogens with zero attached hydrogens (tertiary/aromatic N) is 2. The minimum absolute atomic E-state index is 0.214. The molecule has 0 saturated heterocycles. The molecule has 134 valence electrons. The van der Waals surface area contributed by atoms with Gasteiger partial charge in [-0.15, -0.1) is 11.3 Å². The van der Waals surface area contributed by atoms with Gasteiger partial charge >= 0.3 is 0 Å². The van der Waals surface area contributed by atoms with E-state index in [9.17, 15) is 9.59 Å². The van der Waals surface area contributed by atoms with Crippen molar-refractivity contribution >= 4 is 66.6 Å². The van der Waals surface area contributed by atoms with Gasteiger partial charge in [0.05, 0.1) is 10.2 Å². The molecule has 9 heteroatoms. The molecule has 2 amide bonds. The second-order valence-electron chi connectivity index (χ2n) is 5.44. The summed E-state index contributed by atoms with van der Waals surface area (Å²) in [6, 6.07) is 14.1. The summed E-state index contributed by atoms with van der Waals surface area (Å²) in [5, 5.41) is 8.38. The lowest BCUT2D eigenvalue weighted by Crippen LogP contribution is -2.14. The number of hydrogen-bond acceptors (Lipinski definition) is 6. The summed E-state index contributed by atoms with van der Waals surface area (Å²) in [4.78, 5) is 33.1. The van der Waals surface area contributed by atoms with Crippen LogP contribution in [0, 0.1) is 0 Å². The fourth-order valence-electron chi connectivity index (χ4n) is 2.29. The average Bonchev–Trinajstić information content (AvgIpc) is 3.28. The fraction of sp³-hybridized carbons (Fsp3) is 0. The van der Waals surface area contributed by atoms with Crippen molar-refractivity contribution in [2.75, 3.05) is 10.6 Å². The number of fused-ring (bicyclic) bond motifs is 1. The number of rotatable bonds is 4. The number of para-hydroxylation sites is 1. The van der Waals surface area contributed by atoms with Crippen LogP contribution in [0.4, 0.5) is 10.3 Å². The van der Waals surface area contributed by atoms with Crippen LogP contribution < -0.4 is 10.6 Å². The zero-order valence-electron chi connectivity index (χ0n) is 13.6. The topological polar surface area (TPSA) is 84.0 Å². The Morgan fingerprint density at radius 1 is 0.889 bits per heavy atom. The molecule has 4 rings (SSSR count). The molecule has 0 bridgehead atoms. The Hall–Kier alpha value is -2.81. The van der Waals surface area contributed by atoms with Crippen molar-refractivity contribution in [3.05, 3.63) is 70.2 Å². The van der Waals surface area contributed by atoms with E-state index in [0.717, 1.165) is 10.2 Å². The predicted molar refractivity (Wildman–Crippen MR) is 109 cm³/mol. The molecule has 0 atom stereocenters. The highest BCUT2D eigenvalue weighted by molar-refractivity contribution is 7.22. The summed E-state index contributed by atoms with van der Waals surface area (Å²) in [5.74, 6) is -0.698. The molecule has 0 saturated carbocycles. The van der Waals surface area contributed by atoms with Gasteiger partial charge < -0.3 is 0 Å². The van der Waals surface area contributed by atoms with Crippen molar-refractivity contribution in [1.29, 1.82) is 0 Å². The number of amides is 2. The molecule has 4 aromatic rings. The van der Waals surface area contributed by atoms with Crippen LogP contribution in [0.1, 0.15) is 20.8 Å². The van der Waals surface area contributed by atoms with Crippen LogP contribution in [0.2, 0.25) is 5.02 Å². The van der Waals surface area contributed by atoms with Crippen LogP contribution in [-0.2, 0) is 0 Å². The summed E-state index contributed by atoms with van der Waals surface area (Å²) in [5.41, 5.74) is 1.49. The first-order chi connectivity index (χ1) is 13.1. The van der Waals surface area contributed by atoms with Gasteiger partial charge in [-0.05, 0) is 36.4 Å². The molecule has 27 heavy (non-hydrogen) atoms. The molecule has 2 heterocycles. The molecule has 0 radical (unpaired) electrons. The van der Waals surface area contributed by atoms with Crippen LogP contribution in [-0.4, -0.2) is 21.8 Å². The summed E-state index contributed by atoms with van der Waals surface area (Å²) in [6.07, 6.45) is 0. The van der Waals surface area contributed by atoms with Gasteiger partial charge in [0, 0.05) is 16.0 Å². The quantitative estimate of drug-likeness (QED) is 0.497. The van der Waals surface area contributed by atoms with Crippen molar-refractivity contribution in [3.63, 3.8) is 0 Å². The predicted octanol–water partition coefficient (Wildman–Crippen LogP) is 4.91. The van der Waals surface area contributed by atoms with E-state index >= 15 is 0 Å². The monoisotopic (exact) mass is 414 g/mol. The molecule has 0 fully saturated rings. The van der Waals surface area contributed by atoms with Crippen LogP contribution in [0.3, 0.4) is 0 Å². The third kappa shape index (κ3) is 3.97. The lowest BCUT2D eigenvalue weighted by Gasteiger charge is -2.01. The molecule has 6 nitrogen and oxygen atoms in total. The number of nitrogens with one attached hydrogen (secondary N) is 2. The third-order valence-electron chi connectivity index (χ3n) is 3.58. The van der Waals surface area contributed by atoms with Crippen LogP contribution in [0.5, 0.6) is 0 Å². The Balaban J connectivity index is 1.44. The highest BCUT2D eigenvalue weighted by Crippen LogP contribution is 2.26. The van der Waals surface area contributed by atoms with E-state index in [1.54, 1.807) is 29.6 Å². The number of benzene rings is 2. The Kier molecular flexibility index (Phi) is 4.85. The van der Waals surface area contributed by atoms with Gasteiger partial charge in [-0.3, -0.25) is 20.2 Å². The largest absolute Gasteiger partial charge is 0.298 e. The number of carbonyl (C=O) groups excluding carboxylic acids is 2. The molecule has 2 N–H and O–H groups in total. The molecule has 0 spiro atoms. The van der Waals surface area contributed by atoms with Gasteiger partial charge in [0.25, 0.3) is 11.8 Å². The standard InChI is InChI=1S/C18H11ClN4O2S2/c19-11-7-5-10(6-8-11)15(24)22-17-21-13(9-26-17)16(25)23-18-20-12-3-1-2-4-14(12)27-18/h1-9H,(H,20,23,25)(H,21,22,24). The van der Waals surface area contributed by atoms with E-state index in [-0.39, 0.29) is 17.5 Å². The number of anilines is 2. The maximum Gasteiger partial charge on any atom is 0.276 e. The first-order valence-electron chi connectivity index (χ1n) is 7.78. The van der Waals surface area contributed by atoms with Crippen molar-refractivity contribution < 1.29 is 9.59 Å². The summed E-state index contributed by atoms with van der Waals surface area (Å²) >= 11 is 8.38. The summed E-state index contributed by atoms with van der Waals surface area (Å²) in [7, 11) is 0. The Labute approximate surface area is 166 Å². The molecule has 0 aliphatic heterocycles. The third-order valence-corrected chi connectivity index (χ3v) is 5.54. The zero-order chi connectivity index (χ0) is 18.8. The SMILES string of the molecule is O=C(Nc1nc(C(=O)Nc2nc3ccccc3s2)cs1)c1ccc(Cl)cc1. The van der Waals surface area contributed by atoms with E-state index in [2.05, 4.69) is 20.6 Å². The van der Waals surface area contributed by atoms with Crippen molar-refractivity contribution in [2.45, 2.75) is 0 Å². The van der Waals surface area contributed by atoms with E-state index < -0.39 is 0 Å². The highest BCUT2D eigenvalue weighted by atomic mass is 35.5. The number of aromatic nitrogens is 2. The number of halogens is 1. The Bertz CT molecular complexity index is 1100. The maximum absolute atomic E-state index is 12.4. The normalized spacial score (nSPS) is 10.7. The number of hydrogen-bond donors (Lipinski definition) is 2. The number of thiazole rings is 2. The Morgan fingerprint density at radius 2 is 1.63 bits per heavy atom. The van der Waals surface area contributed by atoms with Gasteiger partial charge in [0.15, 0.2) is 10.3 Å². The molecule has 0 aliphatic carbocycles. The minimum atomic E-state index is -0.378. The molecular formula is C18H11ClN4O2S2. The van der Waals surface area contributed by atoms with Crippen LogP contribution >= 0.6 is 34.3 Å². The van der Waals surface area contributed by atoms with Crippen LogP contribution in [0.15, 0.2) is 53.9 Å². The summed E-state index contributed by atoms with van der Waals surface area (Å²) in [6.45, 7) is 0. The minimum Gasteiger partial charge on any atom is -0.298 e. The van der Waals surface area contributed by atoms with E-state index in [4.69, 9.17) is 11.6 Å². The zero-order valence-corrected chi connectivity index (χ0v) is 16.0. The summed E-state index contributed by atoms with van der Waals surface area (Å²) < 4.78 is 0.988. The second-order valence-corrected chi connectivity index (χ2v) is 7.76. The van der Waals surface area contributed by atoms with Gasteiger partial charge in [-0.2, -0.15) is 0 Å².